The molecule has 0 saturated carbocycles. The van der Waals surface area contributed by atoms with E-state index in [-0.39, 0.29) is 0 Å². The van der Waals surface area contributed by atoms with Crippen molar-refractivity contribution in [3.05, 3.63) is 176 Å². The number of fused-ring (bicyclic) bond motifs is 4. The molecule has 0 N–H and O–H groups in total. The van der Waals surface area contributed by atoms with Gasteiger partial charge in [0.2, 0.25) is 0 Å². The van der Waals surface area contributed by atoms with E-state index in [1.165, 1.54) is 5.56 Å². The average Bonchev–Trinajstić information content (AvgIpc) is 3.54. The highest BCUT2D eigenvalue weighted by Crippen LogP contribution is 2.44. The minimum absolute atomic E-state index is 0.650. The molecule has 48 heavy (non-hydrogen) atoms. The van der Waals surface area contributed by atoms with Crippen LogP contribution < -0.4 is 4.90 Å². The van der Waals surface area contributed by atoms with Crippen LogP contribution in [0.15, 0.2) is 180 Å². The number of furan rings is 1. The number of benzene rings is 7. The lowest BCUT2D eigenvalue weighted by molar-refractivity contribution is 0.669. The summed E-state index contributed by atoms with van der Waals surface area (Å²) in [5, 5.41) is 3.04. The third-order valence-corrected chi connectivity index (χ3v) is 8.84. The maximum atomic E-state index is 6.59. The summed E-state index contributed by atoms with van der Waals surface area (Å²) in [6, 6.07) is 60.7. The van der Waals surface area contributed by atoms with Crippen LogP contribution in [0.5, 0.6) is 0 Å². The second-order valence-electron chi connectivity index (χ2n) is 11.8. The molecule has 0 bridgehead atoms. The van der Waals surface area contributed by atoms with Gasteiger partial charge in [0, 0.05) is 44.7 Å². The zero-order chi connectivity index (χ0) is 31.9. The Balaban J connectivity index is 1.33. The lowest BCUT2D eigenvalue weighted by Gasteiger charge is -2.26. The second kappa shape index (κ2) is 11.7. The molecule has 0 aliphatic heterocycles. The fraction of sp³-hybridized carbons (Fsp3) is 0. The van der Waals surface area contributed by atoms with Gasteiger partial charge in [-0.15, -0.1) is 0 Å². The summed E-state index contributed by atoms with van der Waals surface area (Å²) in [5.74, 6) is 0.650. The third kappa shape index (κ3) is 4.88. The monoisotopic (exact) mass is 615 g/mol. The summed E-state index contributed by atoms with van der Waals surface area (Å²) < 4.78 is 6.59. The van der Waals surface area contributed by atoms with Gasteiger partial charge in [0.1, 0.15) is 11.2 Å². The first-order valence-corrected chi connectivity index (χ1v) is 16.1. The first-order valence-electron chi connectivity index (χ1n) is 16.1. The van der Waals surface area contributed by atoms with Crippen LogP contribution in [0.2, 0.25) is 0 Å². The van der Waals surface area contributed by atoms with Crippen molar-refractivity contribution in [1.82, 2.24) is 9.97 Å². The molecule has 0 aliphatic carbocycles. The minimum atomic E-state index is 0.650. The Morgan fingerprint density at radius 3 is 1.83 bits per heavy atom. The van der Waals surface area contributed by atoms with Crippen LogP contribution >= 0.6 is 0 Å². The molecular weight excluding hydrogens is 587 g/mol. The average molecular weight is 616 g/mol. The number of nitrogens with zero attached hydrogens (tertiary/aromatic N) is 3. The van der Waals surface area contributed by atoms with Gasteiger partial charge in [-0.05, 0) is 53.6 Å². The molecule has 0 saturated heterocycles. The molecule has 9 rings (SSSR count). The molecule has 2 aromatic heterocycles. The molecule has 0 unspecified atom stereocenters. The van der Waals surface area contributed by atoms with Crippen molar-refractivity contribution in [3.63, 3.8) is 0 Å². The quantitative estimate of drug-likeness (QED) is 0.187. The van der Waals surface area contributed by atoms with Gasteiger partial charge >= 0.3 is 0 Å². The Kier molecular flexibility index (Phi) is 6.76. The van der Waals surface area contributed by atoms with E-state index in [9.17, 15) is 0 Å². The molecule has 9 aromatic rings. The van der Waals surface area contributed by atoms with E-state index in [0.717, 1.165) is 72.3 Å². The van der Waals surface area contributed by atoms with Gasteiger partial charge in [-0.2, -0.15) is 0 Å². The van der Waals surface area contributed by atoms with Crippen molar-refractivity contribution in [3.8, 4) is 33.8 Å². The Morgan fingerprint density at radius 2 is 1.04 bits per heavy atom. The molecule has 2 heterocycles. The molecule has 7 aromatic carbocycles. The van der Waals surface area contributed by atoms with E-state index in [1.807, 2.05) is 42.5 Å². The smallest absolute Gasteiger partial charge is 0.161 e. The van der Waals surface area contributed by atoms with E-state index in [1.54, 1.807) is 0 Å². The predicted molar refractivity (Wildman–Crippen MR) is 198 cm³/mol. The highest BCUT2D eigenvalue weighted by Gasteiger charge is 2.22. The summed E-state index contributed by atoms with van der Waals surface area (Å²) >= 11 is 0. The fourth-order valence-corrected chi connectivity index (χ4v) is 6.64. The van der Waals surface area contributed by atoms with E-state index in [4.69, 9.17) is 14.4 Å². The zero-order valence-corrected chi connectivity index (χ0v) is 26.0. The molecule has 226 valence electrons. The van der Waals surface area contributed by atoms with Crippen molar-refractivity contribution in [2.45, 2.75) is 0 Å². The van der Waals surface area contributed by atoms with E-state index in [2.05, 4.69) is 138 Å². The topological polar surface area (TPSA) is 42.2 Å². The molecule has 0 atom stereocenters. The van der Waals surface area contributed by atoms with Gasteiger partial charge in [-0.3, -0.25) is 0 Å². The van der Waals surface area contributed by atoms with Crippen LogP contribution in [0, 0.1) is 0 Å². The number of anilines is 3. The molecule has 0 radical (unpaired) electrons. The molecule has 4 heteroatoms. The van der Waals surface area contributed by atoms with Gasteiger partial charge in [0.05, 0.1) is 16.9 Å². The lowest BCUT2D eigenvalue weighted by atomic mass is 10.0. The van der Waals surface area contributed by atoms with Crippen LogP contribution in [-0.2, 0) is 0 Å². The summed E-state index contributed by atoms with van der Waals surface area (Å²) in [5.41, 5.74) is 10.7. The fourth-order valence-electron chi connectivity index (χ4n) is 6.64. The number of para-hydroxylation sites is 3. The normalized spacial score (nSPS) is 11.3. The number of hydrogen-bond donors (Lipinski definition) is 0. The predicted octanol–water partition coefficient (Wildman–Crippen LogP) is 12.0. The van der Waals surface area contributed by atoms with Gasteiger partial charge in [0.25, 0.3) is 0 Å². The molecule has 0 aliphatic rings. The zero-order valence-electron chi connectivity index (χ0n) is 26.0. The summed E-state index contributed by atoms with van der Waals surface area (Å²) in [4.78, 5) is 12.8. The van der Waals surface area contributed by atoms with Crippen LogP contribution in [0.25, 0.3) is 66.6 Å². The van der Waals surface area contributed by atoms with E-state index in [0.29, 0.717) is 5.82 Å². The standard InChI is InChI=1S/C44H29N3O/c1-4-15-30(16-5-1)32-19-14-22-34(27-32)47(33-20-8-3-9-21-33)35-28-38(42-37-24-11-13-26-40(37)48-41(42)29-35)44-45-39-25-12-10-23-36(39)43(46-44)31-17-6-2-7-18-31/h1-29H. The number of hydrogen-bond acceptors (Lipinski definition) is 4. The van der Waals surface area contributed by atoms with Crippen molar-refractivity contribution >= 4 is 49.9 Å². The summed E-state index contributed by atoms with van der Waals surface area (Å²) in [6.45, 7) is 0. The van der Waals surface area contributed by atoms with Crippen LogP contribution in [0.3, 0.4) is 0 Å². The Labute approximate surface area is 278 Å². The highest BCUT2D eigenvalue weighted by atomic mass is 16.3. The Morgan fingerprint density at radius 1 is 0.417 bits per heavy atom. The largest absolute Gasteiger partial charge is 0.456 e. The van der Waals surface area contributed by atoms with Crippen molar-refractivity contribution in [1.29, 1.82) is 0 Å². The van der Waals surface area contributed by atoms with Crippen LogP contribution in [-0.4, -0.2) is 9.97 Å². The highest BCUT2D eigenvalue weighted by molar-refractivity contribution is 6.13. The van der Waals surface area contributed by atoms with Gasteiger partial charge in [-0.1, -0.05) is 127 Å². The number of aromatic nitrogens is 2. The van der Waals surface area contributed by atoms with Gasteiger partial charge < -0.3 is 9.32 Å². The maximum Gasteiger partial charge on any atom is 0.161 e. The first kappa shape index (κ1) is 27.8. The van der Waals surface area contributed by atoms with Gasteiger partial charge in [0.15, 0.2) is 5.82 Å². The minimum Gasteiger partial charge on any atom is -0.456 e. The number of rotatable bonds is 6. The van der Waals surface area contributed by atoms with Crippen LogP contribution in [0.4, 0.5) is 17.1 Å². The third-order valence-electron chi connectivity index (χ3n) is 8.84. The molecular formula is C44H29N3O. The van der Waals surface area contributed by atoms with Crippen LogP contribution in [0.1, 0.15) is 0 Å². The molecule has 0 fully saturated rings. The van der Waals surface area contributed by atoms with Crippen molar-refractivity contribution in [2.24, 2.45) is 0 Å². The molecule has 0 spiro atoms. The summed E-state index contributed by atoms with van der Waals surface area (Å²) in [6.07, 6.45) is 0. The Hall–Kier alpha value is -6.52. The van der Waals surface area contributed by atoms with Crippen molar-refractivity contribution in [2.75, 3.05) is 4.90 Å². The molecule has 0 amide bonds. The Bertz CT molecular complexity index is 2560. The van der Waals surface area contributed by atoms with E-state index < -0.39 is 0 Å². The first-order chi connectivity index (χ1) is 23.8. The maximum absolute atomic E-state index is 6.59. The summed E-state index contributed by atoms with van der Waals surface area (Å²) in [7, 11) is 0. The SMILES string of the molecule is c1ccc(-c2cccc(N(c3ccccc3)c3cc(-c4nc(-c5ccccc5)c5ccccc5n4)c4c(c3)oc3ccccc34)c2)cc1. The molecule has 4 nitrogen and oxygen atoms in total. The van der Waals surface area contributed by atoms with Crippen molar-refractivity contribution < 1.29 is 4.42 Å². The second-order valence-corrected chi connectivity index (χ2v) is 11.8. The lowest BCUT2D eigenvalue weighted by Crippen LogP contribution is -2.10. The van der Waals surface area contributed by atoms with Gasteiger partial charge in [-0.25, -0.2) is 9.97 Å². The van der Waals surface area contributed by atoms with E-state index >= 15 is 0 Å².